The zero-order valence-electron chi connectivity index (χ0n) is 13.1. The Morgan fingerprint density at radius 3 is 2.73 bits per heavy atom. The van der Waals surface area contributed by atoms with Crippen molar-refractivity contribution in [3.05, 3.63) is 53.3 Å². The Labute approximate surface area is 132 Å². The zero-order chi connectivity index (χ0) is 15.4. The molecular weight excluding hydrogens is 272 g/mol. The van der Waals surface area contributed by atoms with Gasteiger partial charge in [0.25, 0.3) is 0 Å². The summed E-state index contributed by atoms with van der Waals surface area (Å²) in [7, 11) is 0. The molecule has 22 heavy (non-hydrogen) atoms. The lowest BCUT2D eigenvalue weighted by molar-refractivity contribution is 0.204. The van der Waals surface area contributed by atoms with E-state index in [2.05, 4.69) is 35.3 Å². The maximum atomic E-state index is 9.19. The van der Waals surface area contributed by atoms with Gasteiger partial charge in [-0.2, -0.15) is 10.4 Å². The minimum Gasteiger partial charge on any atom is -0.299 e. The molecule has 0 saturated carbocycles. The van der Waals surface area contributed by atoms with Crippen LogP contribution in [0.4, 0.5) is 0 Å². The Balaban J connectivity index is 1.59. The standard InChI is InChI=1S/C18H22N4/c1-2-22-14-18(12-20-22)15-7-9-21(10-8-15)13-17-6-4-3-5-16(17)11-19/h3-6,12,14-15H,2,7-10,13H2,1H3. The lowest BCUT2D eigenvalue weighted by Gasteiger charge is -2.31. The first kappa shape index (κ1) is 14.8. The molecule has 1 aliphatic heterocycles. The van der Waals surface area contributed by atoms with Crippen LogP contribution < -0.4 is 0 Å². The largest absolute Gasteiger partial charge is 0.299 e. The van der Waals surface area contributed by atoms with Gasteiger partial charge in [0, 0.05) is 19.3 Å². The molecule has 0 atom stereocenters. The molecule has 0 spiro atoms. The van der Waals surface area contributed by atoms with Crippen molar-refractivity contribution in [1.82, 2.24) is 14.7 Å². The van der Waals surface area contributed by atoms with Crippen LogP contribution >= 0.6 is 0 Å². The highest BCUT2D eigenvalue weighted by atomic mass is 15.3. The van der Waals surface area contributed by atoms with E-state index in [0.717, 1.165) is 37.3 Å². The summed E-state index contributed by atoms with van der Waals surface area (Å²) in [6.07, 6.45) is 6.55. The SMILES string of the molecule is CCn1cc(C2CCN(Cc3ccccc3C#N)CC2)cn1. The van der Waals surface area contributed by atoms with Crippen LogP contribution in [0.3, 0.4) is 0 Å². The second-order valence-electron chi connectivity index (χ2n) is 5.95. The number of hydrogen-bond acceptors (Lipinski definition) is 3. The predicted molar refractivity (Wildman–Crippen MR) is 86.3 cm³/mol. The van der Waals surface area contributed by atoms with Crippen LogP contribution in [0.1, 0.15) is 42.4 Å². The molecule has 0 radical (unpaired) electrons. The summed E-state index contributed by atoms with van der Waals surface area (Å²) in [5, 5.41) is 13.6. The first-order chi connectivity index (χ1) is 10.8. The van der Waals surface area contributed by atoms with Crippen molar-refractivity contribution in [2.24, 2.45) is 0 Å². The van der Waals surface area contributed by atoms with Crippen LogP contribution in [0.2, 0.25) is 0 Å². The first-order valence-electron chi connectivity index (χ1n) is 8.03. The monoisotopic (exact) mass is 294 g/mol. The molecule has 0 aliphatic carbocycles. The van der Waals surface area contributed by atoms with Crippen LogP contribution in [-0.4, -0.2) is 27.8 Å². The highest BCUT2D eigenvalue weighted by molar-refractivity contribution is 5.37. The molecule has 0 N–H and O–H groups in total. The number of hydrogen-bond donors (Lipinski definition) is 0. The molecule has 1 aromatic carbocycles. The molecule has 4 heteroatoms. The fraction of sp³-hybridized carbons (Fsp3) is 0.444. The molecule has 1 saturated heterocycles. The van der Waals surface area contributed by atoms with Crippen molar-refractivity contribution in [2.75, 3.05) is 13.1 Å². The van der Waals surface area contributed by atoms with Crippen LogP contribution in [0.25, 0.3) is 0 Å². The average Bonchev–Trinajstić information content (AvgIpc) is 3.05. The molecule has 0 amide bonds. The lowest BCUT2D eigenvalue weighted by atomic mass is 9.91. The third-order valence-electron chi connectivity index (χ3n) is 4.57. The number of nitriles is 1. The summed E-state index contributed by atoms with van der Waals surface area (Å²) < 4.78 is 2.00. The molecule has 0 bridgehead atoms. The summed E-state index contributed by atoms with van der Waals surface area (Å²) in [5.41, 5.74) is 3.31. The number of aromatic nitrogens is 2. The van der Waals surface area contributed by atoms with E-state index in [9.17, 15) is 5.26 Å². The van der Waals surface area contributed by atoms with Crippen molar-refractivity contribution in [1.29, 1.82) is 5.26 Å². The van der Waals surface area contributed by atoms with E-state index in [0.29, 0.717) is 5.92 Å². The van der Waals surface area contributed by atoms with Gasteiger partial charge in [0.2, 0.25) is 0 Å². The van der Waals surface area contributed by atoms with Crippen molar-refractivity contribution in [3.63, 3.8) is 0 Å². The Morgan fingerprint density at radius 1 is 1.27 bits per heavy atom. The smallest absolute Gasteiger partial charge is 0.0995 e. The van der Waals surface area contributed by atoms with Crippen LogP contribution in [0.15, 0.2) is 36.7 Å². The Kier molecular flexibility index (Phi) is 4.55. The topological polar surface area (TPSA) is 44.9 Å². The molecular formula is C18H22N4. The molecule has 1 aliphatic rings. The summed E-state index contributed by atoms with van der Waals surface area (Å²) >= 11 is 0. The number of rotatable bonds is 4. The van der Waals surface area contributed by atoms with Gasteiger partial charge < -0.3 is 0 Å². The second-order valence-corrected chi connectivity index (χ2v) is 5.95. The maximum absolute atomic E-state index is 9.19. The lowest BCUT2D eigenvalue weighted by Crippen LogP contribution is -2.32. The number of aryl methyl sites for hydroxylation is 1. The average molecular weight is 294 g/mol. The fourth-order valence-electron chi connectivity index (χ4n) is 3.20. The van der Waals surface area contributed by atoms with E-state index in [1.807, 2.05) is 29.1 Å². The van der Waals surface area contributed by atoms with Gasteiger partial charge in [0.15, 0.2) is 0 Å². The van der Waals surface area contributed by atoms with Crippen molar-refractivity contribution >= 4 is 0 Å². The summed E-state index contributed by atoms with van der Waals surface area (Å²) in [6, 6.07) is 10.2. The van der Waals surface area contributed by atoms with Crippen LogP contribution in [0.5, 0.6) is 0 Å². The Hall–Kier alpha value is -2.12. The predicted octanol–water partition coefficient (Wildman–Crippen LogP) is 3.15. The molecule has 2 heterocycles. The number of likely N-dealkylation sites (tertiary alicyclic amines) is 1. The highest BCUT2D eigenvalue weighted by Gasteiger charge is 2.22. The molecule has 4 nitrogen and oxygen atoms in total. The van der Waals surface area contributed by atoms with Gasteiger partial charge in [0.05, 0.1) is 17.8 Å². The molecule has 2 aromatic rings. The van der Waals surface area contributed by atoms with Gasteiger partial charge in [-0.3, -0.25) is 9.58 Å². The molecule has 0 unspecified atom stereocenters. The van der Waals surface area contributed by atoms with E-state index in [1.54, 1.807) is 0 Å². The van der Waals surface area contributed by atoms with E-state index >= 15 is 0 Å². The molecule has 3 rings (SSSR count). The minimum absolute atomic E-state index is 0.628. The van der Waals surface area contributed by atoms with Gasteiger partial charge in [0.1, 0.15) is 0 Å². The Bertz CT molecular complexity index is 660. The third kappa shape index (κ3) is 3.20. The quantitative estimate of drug-likeness (QED) is 0.870. The van der Waals surface area contributed by atoms with Crippen LogP contribution in [0, 0.1) is 11.3 Å². The number of benzene rings is 1. The summed E-state index contributed by atoms with van der Waals surface area (Å²) in [6.45, 7) is 6.10. The molecule has 114 valence electrons. The van der Waals surface area contributed by atoms with Gasteiger partial charge in [-0.15, -0.1) is 0 Å². The van der Waals surface area contributed by atoms with Crippen molar-refractivity contribution in [3.8, 4) is 6.07 Å². The third-order valence-corrected chi connectivity index (χ3v) is 4.57. The van der Waals surface area contributed by atoms with Crippen LogP contribution in [-0.2, 0) is 13.1 Å². The normalized spacial score (nSPS) is 16.5. The Morgan fingerprint density at radius 2 is 2.05 bits per heavy atom. The molecule has 1 fully saturated rings. The number of piperidine rings is 1. The van der Waals surface area contributed by atoms with E-state index in [1.165, 1.54) is 18.4 Å². The summed E-state index contributed by atoms with van der Waals surface area (Å²) in [4.78, 5) is 2.46. The maximum Gasteiger partial charge on any atom is 0.0995 e. The van der Waals surface area contributed by atoms with Gasteiger partial charge in [-0.1, -0.05) is 18.2 Å². The van der Waals surface area contributed by atoms with Crippen molar-refractivity contribution in [2.45, 2.75) is 38.8 Å². The molecule has 1 aromatic heterocycles. The van der Waals surface area contributed by atoms with Crippen molar-refractivity contribution < 1.29 is 0 Å². The van der Waals surface area contributed by atoms with E-state index < -0.39 is 0 Å². The highest BCUT2D eigenvalue weighted by Crippen LogP contribution is 2.28. The first-order valence-corrected chi connectivity index (χ1v) is 8.03. The zero-order valence-corrected chi connectivity index (χ0v) is 13.1. The van der Waals surface area contributed by atoms with E-state index in [4.69, 9.17) is 0 Å². The minimum atomic E-state index is 0.628. The second kappa shape index (κ2) is 6.76. The summed E-state index contributed by atoms with van der Waals surface area (Å²) in [5.74, 6) is 0.628. The van der Waals surface area contributed by atoms with Gasteiger partial charge >= 0.3 is 0 Å². The number of nitrogens with zero attached hydrogens (tertiary/aromatic N) is 4. The van der Waals surface area contributed by atoms with Gasteiger partial charge in [-0.05, 0) is 56.0 Å². The fourth-order valence-corrected chi connectivity index (χ4v) is 3.20. The van der Waals surface area contributed by atoms with Gasteiger partial charge in [-0.25, -0.2) is 0 Å². The van der Waals surface area contributed by atoms with E-state index in [-0.39, 0.29) is 0 Å².